The Morgan fingerprint density at radius 1 is 0.470 bits per heavy atom. The van der Waals surface area contributed by atoms with Crippen LogP contribution < -0.4 is 0 Å². The molecule has 1 N–H and O–H groups in total. The van der Waals surface area contributed by atoms with E-state index in [2.05, 4.69) is 76.4 Å². The highest BCUT2D eigenvalue weighted by Gasteiger charge is 2.23. The molecule has 0 heterocycles. The van der Waals surface area contributed by atoms with Gasteiger partial charge in [0, 0.05) is 25.4 Å². The first-order chi connectivity index (χ1) is 32.2. The SMILES string of the molecule is CCCCCCCCC(=O)N(CCCN(C)C)C(CCC=C=CCCCC(O)OC(CCCCCC)CCCCCC)CCCCCCCCC(=O)OC(CCCCCC)CCCCCC. The van der Waals surface area contributed by atoms with Crippen molar-refractivity contribution >= 4 is 11.9 Å². The Morgan fingerprint density at radius 2 is 0.909 bits per heavy atom. The number of allylic oxidation sites excluding steroid dienone is 1. The number of carbonyl (C=O) groups excluding carboxylic acids is 2. The van der Waals surface area contributed by atoms with Gasteiger partial charge in [0.15, 0.2) is 6.29 Å². The topological polar surface area (TPSA) is 79.3 Å². The minimum Gasteiger partial charge on any atom is -0.462 e. The van der Waals surface area contributed by atoms with E-state index in [1.807, 2.05) is 0 Å². The van der Waals surface area contributed by atoms with Gasteiger partial charge in [-0.05, 0) is 129 Å². The van der Waals surface area contributed by atoms with Crippen molar-refractivity contribution in [3.05, 3.63) is 17.9 Å². The standard InChI is InChI=1S/C59H114N2O5/c1-8-13-18-23-30-39-49-57(62)61(53-42-52-60(6)7)54(43-33-28-24-26-31-40-50-58(63)65-55(45-35-19-14-9-2)46-36-20-15-10-3)44-34-29-25-27-32-41-51-59(64)66-56(47-37-21-16-11-4)48-38-22-17-12-5/h27,29,54-56,59,64H,8-24,26,28,30-53H2,1-7H3. The van der Waals surface area contributed by atoms with E-state index in [1.165, 1.54) is 128 Å². The number of aliphatic hydroxyl groups is 1. The number of esters is 1. The molecule has 0 aromatic heterocycles. The number of hydrogen-bond acceptors (Lipinski definition) is 6. The number of hydrogen-bond donors (Lipinski definition) is 1. The third-order valence-corrected chi connectivity index (χ3v) is 13.5. The summed E-state index contributed by atoms with van der Waals surface area (Å²) in [6, 6.07) is 0.244. The van der Waals surface area contributed by atoms with Crippen molar-refractivity contribution in [2.24, 2.45) is 0 Å². The number of nitrogens with zero attached hydrogens (tertiary/aromatic N) is 2. The molecule has 0 spiro atoms. The maximum absolute atomic E-state index is 13.9. The van der Waals surface area contributed by atoms with Crippen LogP contribution in [0.5, 0.6) is 0 Å². The quantitative estimate of drug-likeness (QED) is 0.0283. The van der Waals surface area contributed by atoms with Gasteiger partial charge in [-0.2, -0.15) is 0 Å². The summed E-state index contributed by atoms with van der Waals surface area (Å²) in [7, 11) is 4.25. The van der Waals surface area contributed by atoms with Crippen LogP contribution in [-0.2, 0) is 19.1 Å². The summed E-state index contributed by atoms with van der Waals surface area (Å²) < 4.78 is 12.2. The van der Waals surface area contributed by atoms with Crippen LogP contribution in [0.4, 0.5) is 0 Å². The second-order valence-corrected chi connectivity index (χ2v) is 20.4. The third kappa shape index (κ3) is 42.4. The molecule has 0 saturated heterocycles. The molecule has 0 aromatic rings. The molecular formula is C59H114N2O5. The molecule has 0 aliphatic heterocycles. The first-order valence-electron chi connectivity index (χ1n) is 29.1. The molecule has 0 bridgehead atoms. The maximum Gasteiger partial charge on any atom is 0.306 e. The highest BCUT2D eigenvalue weighted by Crippen LogP contribution is 2.22. The molecule has 0 aliphatic rings. The third-order valence-electron chi connectivity index (χ3n) is 13.5. The smallest absolute Gasteiger partial charge is 0.306 e. The van der Waals surface area contributed by atoms with Gasteiger partial charge >= 0.3 is 5.97 Å². The normalized spacial score (nSPS) is 12.5. The lowest BCUT2D eigenvalue weighted by Gasteiger charge is -2.33. The fourth-order valence-electron chi connectivity index (χ4n) is 9.27. The van der Waals surface area contributed by atoms with Crippen LogP contribution in [0.1, 0.15) is 298 Å². The monoisotopic (exact) mass is 931 g/mol. The van der Waals surface area contributed by atoms with Gasteiger partial charge in [0.05, 0.1) is 6.10 Å². The Balaban J connectivity index is 5.26. The van der Waals surface area contributed by atoms with E-state index in [9.17, 15) is 14.7 Å². The summed E-state index contributed by atoms with van der Waals surface area (Å²) in [6.45, 7) is 13.1. The first kappa shape index (κ1) is 64.3. The highest BCUT2D eigenvalue weighted by atomic mass is 16.6. The van der Waals surface area contributed by atoms with Crippen molar-refractivity contribution in [3.63, 3.8) is 0 Å². The van der Waals surface area contributed by atoms with E-state index in [1.54, 1.807) is 0 Å². The van der Waals surface area contributed by atoms with Gasteiger partial charge in [-0.1, -0.05) is 189 Å². The van der Waals surface area contributed by atoms with E-state index in [-0.39, 0.29) is 24.2 Å². The van der Waals surface area contributed by atoms with Crippen molar-refractivity contribution < 1.29 is 24.2 Å². The van der Waals surface area contributed by atoms with Crippen LogP contribution in [-0.4, -0.2) is 78.5 Å². The van der Waals surface area contributed by atoms with E-state index in [4.69, 9.17) is 9.47 Å². The van der Waals surface area contributed by atoms with Crippen LogP contribution in [0.3, 0.4) is 0 Å². The van der Waals surface area contributed by atoms with Gasteiger partial charge in [0.2, 0.25) is 5.91 Å². The van der Waals surface area contributed by atoms with Gasteiger partial charge in [0.25, 0.3) is 0 Å². The minimum atomic E-state index is -0.686. The second kappa shape index (κ2) is 49.8. The van der Waals surface area contributed by atoms with Crippen molar-refractivity contribution in [1.29, 1.82) is 0 Å². The predicted molar refractivity (Wildman–Crippen MR) is 285 cm³/mol. The summed E-state index contributed by atoms with van der Waals surface area (Å²) in [5, 5.41) is 10.8. The predicted octanol–water partition coefficient (Wildman–Crippen LogP) is 17.2. The molecule has 0 aromatic carbocycles. The summed E-state index contributed by atoms with van der Waals surface area (Å²) >= 11 is 0. The molecule has 7 nitrogen and oxygen atoms in total. The van der Waals surface area contributed by atoms with E-state index < -0.39 is 6.29 Å². The van der Waals surface area contributed by atoms with Gasteiger partial charge < -0.3 is 24.4 Å². The fourth-order valence-corrected chi connectivity index (χ4v) is 9.27. The summed E-state index contributed by atoms with van der Waals surface area (Å²) in [5.74, 6) is 0.348. The Kier molecular flexibility index (Phi) is 48.5. The van der Waals surface area contributed by atoms with Gasteiger partial charge in [0.1, 0.15) is 6.10 Å². The molecule has 1 amide bonds. The lowest BCUT2D eigenvalue weighted by molar-refractivity contribution is -0.150. The van der Waals surface area contributed by atoms with Crippen LogP contribution in [0.2, 0.25) is 0 Å². The van der Waals surface area contributed by atoms with Crippen molar-refractivity contribution in [2.45, 2.75) is 322 Å². The fraction of sp³-hybridized carbons (Fsp3) is 0.915. The van der Waals surface area contributed by atoms with Crippen molar-refractivity contribution in [3.8, 4) is 0 Å². The van der Waals surface area contributed by atoms with Crippen LogP contribution in [0.15, 0.2) is 17.9 Å². The number of aliphatic hydroxyl groups excluding tert-OH is 1. The zero-order valence-electron chi connectivity index (χ0n) is 45.3. The molecular weight excluding hydrogens is 817 g/mol. The summed E-state index contributed by atoms with van der Waals surface area (Å²) in [4.78, 5) is 31.3. The van der Waals surface area contributed by atoms with Crippen LogP contribution in [0, 0.1) is 0 Å². The van der Waals surface area contributed by atoms with E-state index in [0.29, 0.717) is 25.2 Å². The first-order valence-corrected chi connectivity index (χ1v) is 29.1. The van der Waals surface area contributed by atoms with Gasteiger partial charge in [-0.25, -0.2) is 0 Å². The largest absolute Gasteiger partial charge is 0.462 e. The molecule has 2 unspecified atom stereocenters. The number of rotatable bonds is 51. The Bertz CT molecular complexity index is 1080. The number of ether oxygens (including phenoxy) is 2. The second-order valence-electron chi connectivity index (χ2n) is 20.4. The van der Waals surface area contributed by atoms with Crippen LogP contribution >= 0.6 is 0 Å². The highest BCUT2D eigenvalue weighted by molar-refractivity contribution is 5.76. The molecule has 66 heavy (non-hydrogen) atoms. The van der Waals surface area contributed by atoms with E-state index in [0.717, 1.165) is 129 Å². The average molecular weight is 932 g/mol. The Hall–Kier alpha value is -1.66. The zero-order chi connectivity index (χ0) is 48.6. The number of carbonyl (C=O) groups is 2. The lowest BCUT2D eigenvalue weighted by atomic mass is 9.99. The minimum absolute atomic E-state index is 0.00592. The zero-order valence-corrected chi connectivity index (χ0v) is 45.3. The summed E-state index contributed by atoms with van der Waals surface area (Å²) in [5.41, 5.74) is 3.45. The van der Waals surface area contributed by atoms with Gasteiger partial charge in [-0.3, -0.25) is 9.59 Å². The lowest BCUT2D eigenvalue weighted by Crippen LogP contribution is -2.41. The Morgan fingerprint density at radius 3 is 1.44 bits per heavy atom. The average Bonchev–Trinajstić information content (AvgIpc) is 3.30. The van der Waals surface area contributed by atoms with Crippen LogP contribution in [0.25, 0.3) is 0 Å². The Labute approximate surface area is 411 Å². The van der Waals surface area contributed by atoms with E-state index >= 15 is 0 Å². The molecule has 390 valence electrons. The summed E-state index contributed by atoms with van der Waals surface area (Å²) in [6.07, 6.45) is 49.1. The molecule has 0 saturated carbocycles. The van der Waals surface area contributed by atoms with Crippen molar-refractivity contribution in [1.82, 2.24) is 9.80 Å². The molecule has 2 atom stereocenters. The molecule has 7 heteroatoms. The molecule has 0 fully saturated rings. The van der Waals surface area contributed by atoms with Crippen molar-refractivity contribution in [2.75, 3.05) is 27.2 Å². The number of unbranched alkanes of at least 4 members (excludes halogenated alkanes) is 23. The maximum atomic E-state index is 13.9. The molecule has 0 radical (unpaired) electrons. The molecule has 0 aliphatic carbocycles. The van der Waals surface area contributed by atoms with Gasteiger partial charge in [-0.15, -0.1) is 5.73 Å². The molecule has 0 rings (SSSR count). The number of amides is 1.